The lowest BCUT2D eigenvalue weighted by atomic mass is 10.1. The molecule has 2 rings (SSSR count). The topological polar surface area (TPSA) is 57.6 Å². The Hall–Kier alpha value is -2.10. The number of carboxylic acid groups (broad SMARTS) is 1. The minimum Gasteiger partial charge on any atom is -0.478 e. The summed E-state index contributed by atoms with van der Waals surface area (Å²) in [6, 6.07) is 4.87. The van der Waals surface area contributed by atoms with E-state index in [2.05, 4.69) is 0 Å². The minimum absolute atomic E-state index is 0.0608. The maximum absolute atomic E-state index is 11.7. The Kier molecular flexibility index (Phi) is 2.95. The number of carbonyl (C=O) groups is 2. The second-order valence-corrected chi connectivity index (χ2v) is 3.89. The maximum atomic E-state index is 11.7. The van der Waals surface area contributed by atoms with Crippen molar-refractivity contribution in [3.8, 4) is 0 Å². The molecule has 0 aliphatic carbocycles. The van der Waals surface area contributed by atoms with E-state index in [-0.39, 0.29) is 11.5 Å². The Morgan fingerprint density at radius 3 is 2.82 bits per heavy atom. The number of rotatable bonds is 2. The fourth-order valence-corrected chi connectivity index (χ4v) is 2.00. The zero-order valence-electron chi connectivity index (χ0n) is 9.51. The number of carboxylic acids is 1. The molecule has 4 nitrogen and oxygen atoms in total. The first-order valence-corrected chi connectivity index (χ1v) is 5.44. The van der Waals surface area contributed by atoms with Crippen molar-refractivity contribution in [3.05, 3.63) is 41.5 Å². The molecule has 0 saturated carbocycles. The molecule has 1 aromatic carbocycles. The van der Waals surface area contributed by atoms with Gasteiger partial charge in [0.15, 0.2) is 0 Å². The molecular weight excluding hydrogens is 218 g/mol. The van der Waals surface area contributed by atoms with Gasteiger partial charge in [-0.1, -0.05) is 6.08 Å². The lowest BCUT2D eigenvalue weighted by Gasteiger charge is -2.14. The lowest BCUT2D eigenvalue weighted by Crippen LogP contribution is -2.26. The van der Waals surface area contributed by atoms with Gasteiger partial charge in [0.1, 0.15) is 0 Å². The number of aromatic carboxylic acids is 1. The third-order valence-electron chi connectivity index (χ3n) is 2.80. The van der Waals surface area contributed by atoms with E-state index in [1.54, 1.807) is 30.0 Å². The summed E-state index contributed by atoms with van der Waals surface area (Å²) >= 11 is 0. The van der Waals surface area contributed by atoms with Gasteiger partial charge in [-0.3, -0.25) is 4.79 Å². The van der Waals surface area contributed by atoms with Crippen LogP contribution in [0.5, 0.6) is 0 Å². The Morgan fingerprint density at radius 1 is 1.41 bits per heavy atom. The molecule has 0 bridgehead atoms. The van der Waals surface area contributed by atoms with E-state index in [9.17, 15) is 9.59 Å². The number of nitrogens with zero attached hydrogens (tertiary/aromatic N) is 1. The summed E-state index contributed by atoms with van der Waals surface area (Å²) in [5.74, 6) is -1.000. The highest BCUT2D eigenvalue weighted by Crippen LogP contribution is 2.29. The Balaban J connectivity index is 2.34. The van der Waals surface area contributed by atoms with Crippen LogP contribution >= 0.6 is 0 Å². The average Bonchev–Trinajstić information content (AvgIpc) is 2.71. The lowest BCUT2D eigenvalue weighted by molar-refractivity contribution is -0.114. The quantitative estimate of drug-likeness (QED) is 0.790. The molecule has 17 heavy (non-hydrogen) atoms. The largest absolute Gasteiger partial charge is 0.478 e. The predicted octanol–water partition coefficient (Wildman–Crippen LogP) is 1.85. The van der Waals surface area contributed by atoms with E-state index in [1.807, 2.05) is 0 Å². The molecule has 1 heterocycles. The monoisotopic (exact) mass is 231 g/mol. The SMILES string of the molecule is C/C=C/C(=O)N1CCc2cc(C(=O)O)ccc21. The molecule has 0 fully saturated rings. The molecule has 88 valence electrons. The smallest absolute Gasteiger partial charge is 0.335 e. The van der Waals surface area contributed by atoms with E-state index < -0.39 is 5.97 Å². The summed E-state index contributed by atoms with van der Waals surface area (Å²) in [6.07, 6.45) is 3.92. The molecule has 0 atom stereocenters. The second-order valence-electron chi connectivity index (χ2n) is 3.89. The summed E-state index contributed by atoms with van der Waals surface area (Å²) < 4.78 is 0. The van der Waals surface area contributed by atoms with Crippen molar-refractivity contribution in [2.45, 2.75) is 13.3 Å². The molecule has 0 radical (unpaired) electrons. The van der Waals surface area contributed by atoms with Crippen LogP contribution in [0.2, 0.25) is 0 Å². The van der Waals surface area contributed by atoms with E-state index in [0.717, 1.165) is 11.3 Å². The third kappa shape index (κ3) is 2.06. The van der Waals surface area contributed by atoms with Gasteiger partial charge in [-0.2, -0.15) is 0 Å². The minimum atomic E-state index is -0.939. The molecule has 0 aromatic heterocycles. The Labute approximate surface area is 99.2 Å². The average molecular weight is 231 g/mol. The third-order valence-corrected chi connectivity index (χ3v) is 2.80. The summed E-state index contributed by atoms with van der Waals surface area (Å²) in [5, 5.41) is 8.88. The second kappa shape index (κ2) is 4.41. The van der Waals surface area contributed by atoms with Crippen LogP contribution in [0.1, 0.15) is 22.8 Å². The number of hydrogen-bond donors (Lipinski definition) is 1. The van der Waals surface area contributed by atoms with Crippen LogP contribution in [0, 0.1) is 0 Å². The number of anilines is 1. The molecule has 0 spiro atoms. The van der Waals surface area contributed by atoms with Crippen molar-refractivity contribution in [2.24, 2.45) is 0 Å². The van der Waals surface area contributed by atoms with Gasteiger partial charge in [0.2, 0.25) is 0 Å². The first kappa shape index (κ1) is 11.4. The summed E-state index contributed by atoms with van der Waals surface area (Å²) in [6.45, 7) is 2.41. The van der Waals surface area contributed by atoms with Crippen LogP contribution in [0.15, 0.2) is 30.4 Å². The molecule has 0 unspecified atom stereocenters. The molecular formula is C13H13NO3. The zero-order chi connectivity index (χ0) is 12.4. The highest BCUT2D eigenvalue weighted by Gasteiger charge is 2.23. The van der Waals surface area contributed by atoms with Crippen LogP contribution in [0.25, 0.3) is 0 Å². The number of benzene rings is 1. The molecule has 1 N–H and O–H groups in total. The molecule has 1 aromatic rings. The zero-order valence-corrected chi connectivity index (χ0v) is 9.51. The highest BCUT2D eigenvalue weighted by atomic mass is 16.4. The number of carbonyl (C=O) groups excluding carboxylic acids is 1. The van der Waals surface area contributed by atoms with Crippen molar-refractivity contribution in [1.82, 2.24) is 0 Å². The normalized spacial score (nSPS) is 14.1. The van der Waals surface area contributed by atoms with Crippen LogP contribution in [-0.4, -0.2) is 23.5 Å². The Bertz CT molecular complexity index is 505. The number of hydrogen-bond acceptors (Lipinski definition) is 2. The van der Waals surface area contributed by atoms with Gasteiger partial charge < -0.3 is 10.0 Å². The van der Waals surface area contributed by atoms with Crippen LogP contribution in [0.4, 0.5) is 5.69 Å². The van der Waals surface area contributed by atoms with Crippen molar-refractivity contribution >= 4 is 17.6 Å². The fourth-order valence-electron chi connectivity index (χ4n) is 2.00. The van der Waals surface area contributed by atoms with Crippen LogP contribution in [-0.2, 0) is 11.2 Å². The number of allylic oxidation sites excluding steroid dienone is 1. The summed E-state index contributed by atoms with van der Waals surface area (Å²) in [7, 11) is 0. The van der Waals surface area contributed by atoms with E-state index >= 15 is 0 Å². The van der Waals surface area contributed by atoms with Gasteiger partial charge in [0.25, 0.3) is 5.91 Å². The van der Waals surface area contributed by atoms with Gasteiger partial charge in [-0.25, -0.2) is 4.79 Å². The molecule has 1 aliphatic heterocycles. The van der Waals surface area contributed by atoms with Gasteiger partial charge in [-0.05, 0) is 43.2 Å². The Morgan fingerprint density at radius 2 is 2.18 bits per heavy atom. The molecule has 4 heteroatoms. The molecule has 1 aliphatic rings. The van der Waals surface area contributed by atoms with Crippen molar-refractivity contribution in [3.63, 3.8) is 0 Å². The number of amides is 1. The van der Waals surface area contributed by atoms with E-state index in [4.69, 9.17) is 5.11 Å². The van der Waals surface area contributed by atoms with Crippen molar-refractivity contribution < 1.29 is 14.7 Å². The molecule has 1 amide bonds. The maximum Gasteiger partial charge on any atom is 0.335 e. The fraction of sp³-hybridized carbons (Fsp3) is 0.231. The predicted molar refractivity (Wildman–Crippen MR) is 64.3 cm³/mol. The van der Waals surface area contributed by atoms with E-state index in [1.165, 1.54) is 12.1 Å². The van der Waals surface area contributed by atoms with Gasteiger partial charge in [0.05, 0.1) is 5.56 Å². The van der Waals surface area contributed by atoms with Crippen LogP contribution < -0.4 is 4.90 Å². The van der Waals surface area contributed by atoms with E-state index in [0.29, 0.717) is 13.0 Å². The number of fused-ring (bicyclic) bond motifs is 1. The molecule has 0 saturated heterocycles. The van der Waals surface area contributed by atoms with Crippen LogP contribution in [0.3, 0.4) is 0 Å². The van der Waals surface area contributed by atoms with Gasteiger partial charge in [0, 0.05) is 12.2 Å². The van der Waals surface area contributed by atoms with Gasteiger partial charge in [-0.15, -0.1) is 0 Å². The van der Waals surface area contributed by atoms with Crippen molar-refractivity contribution in [1.29, 1.82) is 0 Å². The first-order valence-electron chi connectivity index (χ1n) is 5.44. The summed E-state index contributed by atoms with van der Waals surface area (Å²) in [5.41, 5.74) is 2.00. The highest BCUT2D eigenvalue weighted by molar-refractivity contribution is 6.03. The first-order chi connectivity index (χ1) is 8.13. The standard InChI is InChI=1S/C13H13NO3/c1-2-3-12(15)14-7-6-9-8-10(13(16)17)4-5-11(9)14/h2-5,8H,6-7H2,1H3,(H,16,17)/b3-2+. The summed E-state index contributed by atoms with van der Waals surface area (Å²) in [4.78, 5) is 24.2. The van der Waals surface area contributed by atoms with Gasteiger partial charge >= 0.3 is 5.97 Å². The van der Waals surface area contributed by atoms with Crippen molar-refractivity contribution in [2.75, 3.05) is 11.4 Å².